The van der Waals surface area contributed by atoms with Gasteiger partial charge >= 0.3 is 0 Å². The van der Waals surface area contributed by atoms with E-state index in [9.17, 15) is 4.79 Å². The van der Waals surface area contributed by atoms with Gasteiger partial charge in [0, 0.05) is 22.9 Å². The third-order valence-corrected chi connectivity index (χ3v) is 5.42. The van der Waals surface area contributed by atoms with Crippen molar-refractivity contribution in [3.05, 3.63) is 48.5 Å². The van der Waals surface area contributed by atoms with Crippen LogP contribution in [0, 0.1) is 0 Å². The minimum absolute atomic E-state index is 0. The molecule has 1 aliphatic rings. The SMILES string of the molecule is CCN(CC)C(=O)C(C)N1c2ccccc2Sc2ccccc21.Cl. The number of anilines is 2. The summed E-state index contributed by atoms with van der Waals surface area (Å²) in [6, 6.07) is 16.4. The van der Waals surface area contributed by atoms with Gasteiger partial charge in [-0.1, -0.05) is 36.0 Å². The molecule has 0 bridgehead atoms. The normalized spacial score (nSPS) is 13.4. The Morgan fingerprint density at radius 3 is 1.92 bits per heavy atom. The van der Waals surface area contributed by atoms with Gasteiger partial charge in [0.05, 0.1) is 11.4 Å². The van der Waals surface area contributed by atoms with Crippen molar-refractivity contribution in [3.63, 3.8) is 0 Å². The summed E-state index contributed by atoms with van der Waals surface area (Å²) in [6.45, 7) is 7.55. The van der Waals surface area contributed by atoms with Crippen LogP contribution in [0.4, 0.5) is 11.4 Å². The van der Waals surface area contributed by atoms with Gasteiger partial charge in [0.2, 0.25) is 5.91 Å². The van der Waals surface area contributed by atoms with Gasteiger partial charge in [0.15, 0.2) is 0 Å². The number of hydrogen-bond donors (Lipinski definition) is 0. The molecule has 2 aromatic carbocycles. The van der Waals surface area contributed by atoms with Gasteiger partial charge in [-0.05, 0) is 45.0 Å². The lowest BCUT2D eigenvalue weighted by atomic mass is 10.1. The number of benzene rings is 2. The fourth-order valence-electron chi connectivity index (χ4n) is 3.06. The van der Waals surface area contributed by atoms with Crippen LogP contribution in [-0.2, 0) is 4.79 Å². The molecule has 0 aliphatic carbocycles. The number of hydrogen-bond acceptors (Lipinski definition) is 3. The van der Waals surface area contributed by atoms with Crippen molar-refractivity contribution >= 4 is 41.5 Å². The highest BCUT2D eigenvalue weighted by Crippen LogP contribution is 2.48. The Labute approximate surface area is 154 Å². The van der Waals surface area contributed by atoms with E-state index in [4.69, 9.17) is 0 Å². The smallest absolute Gasteiger partial charge is 0.245 e. The molecule has 128 valence electrons. The summed E-state index contributed by atoms with van der Waals surface area (Å²) in [5.41, 5.74) is 2.23. The zero-order valence-electron chi connectivity index (χ0n) is 14.2. The number of carbonyl (C=O) groups excluding carboxylic acids is 1. The lowest BCUT2D eigenvalue weighted by molar-refractivity contribution is -0.131. The van der Waals surface area contributed by atoms with Gasteiger partial charge < -0.3 is 9.80 Å². The van der Waals surface area contributed by atoms with Crippen LogP contribution in [0.2, 0.25) is 0 Å². The fraction of sp³-hybridized carbons (Fsp3) is 0.316. The van der Waals surface area contributed by atoms with E-state index in [-0.39, 0.29) is 24.4 Å². The molecule has 1 amide bonds. The maximum Gasteiger partial charge on any atom is 0.245 e. The minimum Gasteiger partial charge on any atom is -0.341 e. The van der Waals surface area contributed by atoms with E-state index in [1.165, 1.54) is 9.79 Å². The molecule has 0 N–H and O–H groups in total. The molecule has 0 saturated heterocycles. The van der Waals surface area contributed by atoms with Crippen LogP contribution in [0.1, 0.15) is 20.8 Å². The first-order valence-electron chi connectivity index (χ1n) is 8.11. The summed E-state index contributed by atoms with van der Waals surface area (Å²) < 4.78 is 0. The zero-order valence-corrected chi connectivity index (χ0v) is 15.9. The third-order valence-electron chi connectivity index (χ3n) is 4.29. The van der Waals surface area contributed by atoms with E-state index < -0.39 is 0 Å². The molecule has 3 nitrogen and oxygen atoms in total. The van der Waals surface area contributed by atoms with Crippen molar-refractivity contribution in [1.82, 2.24) is 4.90 Å². The van der Waals surface area contributed by atoms with E-state index in [1.807, 2.05) is 37.8 Å². The van der Waals surface area contributed by atoms with Crippen molar-refractivity contribution in [2.45, 2.75) is 36.6 Å². The minimum atomic E-state index is -0.224. The lowest BCUT2D eigenvalue weighted by Crippen LogP contribution is -2.46. The van der Waals surface area contributed by atoms with Crippen molar-refractivity contribution in [1.29, 1.82) is 0 Å². The quantitative estimate of drug-likeness (QED) is 0.767. The molecule has 0 aromatic heterocycles. The van der Waals surface area contributed by atoms with Crippen LogP contribution < -0.4 is 4.90 Å². The van der Waals surface area contributed by atoms with E-state index in [0.717, 1.165) is 24.5 Å². The largest absolute Gasteiger partial charge is 0.341 e. The molecule has 1 heterocycles. The molecule has 5 heteroatoms. The maximum absolute atomic E-state index is 12.9. The molecule has 1 unspecified atom stereocenters. The molecular weight excluding hydrogens is 340 g/mol. The fourth-order valence-corrected chi connectivity index (χ4v) is 4.13. The number of likely N-dealkylation sites (N-methyl/N-ethyl adjacent to an activating group) is 1. The van der Waals surface area contributed by atoms with Gasteiger partial charge in [-0.3, -0.25) is 4.79 Å². The molecule has 24 heavy (non-hydrogen) atoms. The average molecular weight is 363 g/mol. The Morgan fingerprint density at radius 2 is 1.46 bits per heavy atom. The molecule has 3 rings (SSSR count). The van der Waals surface area contributed by atoms with Crippen LogP contribution in [0.15, 0.2) is 58.3 Å². The monoisotopic (exact) mass is 362 g/mol. The molecule has 1 aliphatic heterocycles. The van der Waals surface area contributed by atoms with Gasteiger partial charge in [-0.15, -0.1) is 12.4 Å². The van der Waals surface area contributed by atoms with Crippen molar-refractivity contribution in [2.24, 2.45) is 0 Å². The highest BCUT2D eigenvalue weighted by atomic mass is 35.5. The average Bonchev–Trinajstić information content (AvgIpc) is 2.60. The van der Waals surface area contributed by atoms with Crippen molar-refractivity contribution in [2.75, 3.05) is 18.0 Å². The number of nitrogens with zero attached hydrogens (tertiary/aromatic N) is 2. The zero-order chi connectivity index (χ0) is 16.4. The van der Waals surface area contributed by atoms with Crippen LogP contribution in [0.5, 0.6) is 0 Å². The van der Waals surface area contributed by atoms with Gasteiger partial charge in [-0.25, -0.2) is 0 Å². The topological polar surface area (TPSA) is 23.6 Å². The maximum atomic E-state index is 12.9. The molecule has 0 radical (unpaired) electrons. The first-order valence-corrected chi connectivity index (χ1v) is 8.93. The Bertz CT molecular complexity index is 673. The summed E-state index contributed by atoms with van der Waals surface area (Å²) >= 11 is 1.77. The highest BCUT2D eigenvalue weighted by molar-refractivity contribution is 7.99. The molecular formula is C19H23ClN2OS. The molecule has 1 atom stereocenters. The number of amides is 1. The molecule has 0 spiro atoms. The van der Waals surface area contributed by atoms with Crippen LogP contribution in [0.25, 0.3) is 0 Å². The first kappa shape index (κ1) is 18.7. The Kier molecular flexibility index (Phi) is 6.19. The van der Waals surface area contributed by atoms with Crippen LogP contribution in [0.3, 0.4) is 0 Å². The van der Waals surface area contributed by atoms with Crippen molar-refractivity contribution in [3.8, 4) is 0 Å². The second-order valence-electron chi connectivity index (χ2n) is 5.59. The number of para-hydroxylation sites is 2. The first-order chi connectivity index (χ1) is 11.2. The van der Waals surface area contributed by atoms with Gasteiger partial charge in [0.1, 0.15) is 6.04 Å². The van der Waals surface area contributed by atoms with Gasteiger partial charge in [0.25, 0.3) is 0 Å². The van der Waals surface area contributed by atoms with Crippen LogP contribution >= 0.6 is 24.2 Å². The summed E-state index contributed by atoms with van der Waals surface area (Å²) in [5.74, 6) is 0.173. The number of carbonyl (C=O) groups is 1. The number of fused-ring (bicyclic) bond motifs is 2. The second kappa shape index (κ2) is 7.95. The number of rotatable bonds is 4. The molecule has 0 saturated carbocycles. The van der Waals surface area contributed by atoms with Gasteiger partial charge in [-0.2, -0.15) is 0 Å². The second-order valence-corrected chi connectivity index (χ2v) is 6.68. The predicted molar refractivity (Wildman–Crippen MR) is 104 cm³/mol. The Hall–Kier alpha value is -1.65. The van der Waals surface area contributed by atoms with Crippen LogP contribution in [-0.4, -0.2) is 29.9 Å². The van der Waals surface area contributed by atoms with E-state index in [1.54, 1.807) is 11.8 Å². The predicted octanol–water partition coefficient (Wildman–Crippen LogP) is 4.97. The highest BCUT2D eigenvalue weighted by Gasteiger charge is 2.31. The number of halogens is 1. The Balaban J connectivity index is 0.00000208. The summed E-state index contributed by atoms with van der Waals surface area (Å²) in [5, 5.41) is 0. The summed E-state index contributed by atoms with van der Waals surface area (Å²) in [7, 11) is 0. The Morgan fingerprint density at radius 1 is 1.00 bits per heavy atom. The lowest BCUT2D eigenvalue weighted by Gasteiger charge is -2.38. The van der Waals surface area contributed by atoms with E-state index in [0.29, 0.717) is 0 Å². The third kappa shape index (κ3) is 3.26. The van der Waals surface area contributed by atoms with E-state index >= 15 is 0 Å². The standard InChI is InChI=1S/C19H22N2OS.ClH/c1-4-20(5-2)19(22)14(3)21-15-10-6-8-12-17(15)23-18-13-9-7-11-16(18)21;/h6-14H,4-5H2,1-3H3;1H. The summed E-state index contributed by atoms with van der Waals surface area (Å²) in [6.07, 6.45) is 0. The van der Waals surface area contributed by atoms with E-state index in [2.05, 4.69) is 41.3 Å². The summed E-state index contributed by atoms with van der Waals surface area (Å²) in [4.78, 5) is 19.4. The van der Waals surface area contributed by atoms with Crippen molar-refractivity contribution < 1.29 is 4.79 Å². The molecule has 2 aromatic rings. The molecule has 0 fully saturated rings.